The Balaban J connectivity index is 2.24. The number of thiocarbonyl (C=S) groups is 1. The van der Waals surface area contributed by atoms with E-state index in [1.54, 1.807) is 6.20 Å². The van der Waals surface area contributed by atoms with Gasteiger partial charge in [0.15, 0.2) is 0 Å². The number of aromatic nitrogens is 2. The quantitative estimate of drug-likeness (QED) is 0.733. The van der Waals surface area contributed by atoms with Gasteiger partial charge in [0, 0.05) is 18.9 Å². The van der Waals surface area contributed by atoms with Gasteiger partial charge in [0.2, 0.25) is 0 Å². The summed E-state index contributed by atoms with van der Waals surface area (Å²) in [5.41, 5.74) is 6.00. The Morgan fingerprint density at radius 1 is 1.62 bits per heavy atom. The maximum absolute atomic E-state index is 6.00. The van der Waals surface area contributed by atoms with Gasteiger partial charge in [-0.25, -0.2) is 0 Å². The third-order valence-electron chi connectivity index (χ3n) is 2.76. The number of rotatable bonds is 6. The van der Waals surface area contributed by atoms with Crippen molar-refractivity contribution >= 4 is 17.2 Å². The average Bonchev–Trinajstić information content (AvgIpc) is 2.79. The molecule has 5 heteroatoms. The first-order valence-electron chi connectivity index (χ1n) is 5.66. The van der Waals surface area contributed by atoms with Crippen molar-refractivity contribution in [2.45, 2.75) is 32.9 Å². The van der Waals surface area contributed by atoms with Gasteiger partial charge >= 0.3 is 0 Å². The summed E-state index contributed by atoms with van der Waals surface area (Å²) >= 11 is 5.25. The largest absolute Gasteiger partial charge is 0.376 e. The van der Waals surface area contributed by atoms with Gasteiger partial charge in [0.05, 0.1) is 17.6 Å². The van der Waals surface area contributed by atoms with Crippen molar-refractivity contribution in [2.75, 3.05) is 6.54 Å². The predicted molar refractivity (Wildman–Crippen MR) is 70.3 cm³/mol. The summed E-state index contributed by atoms with van der Waals surface area (Å²) in [5, 5.41) is 7.29. The van der Waals surface area contributed by atoms with E-state index in [4.69, 9.17) is 18.0 Å². The predicted octanol–water partition coefficient (Wildman–Crippen LogP) is 1.17. The monoisotopic (exact) mass is 240 g/mol. The fraction of sp³-hybridized carbons (Fsp3) is 0.636. The van der Waals surface area contributed by atoms with Gasteiger partial charge in [-0.1, -0.05) is 32.5 Å². The van der Waals surface area contributed by atoms with Gasteiger partial charge in [-0.3, -0.25) is 4.68 Å². The van der Waals surface area contributed by atoms with Crippen molar-refractivity contribution < 1.29 is 0 Å². The first-order chi connectivity index (χ1) is 7.65. The molecule has 0 amide bonds. The summed E-state index contributed by atoms with van der Waals surface area (Å²) in [6.45, 7) is 5.81. The second kappa shape index (κ2) is 6.60. The summed E-state index contributed by atoms with van der Waals surface area (Å²) in [5.74, 6) is 0.421. The molecule has 1 unspecified atom stereocenters. The molecular weight excluding hydrogens is 220 g/mol. The van der Waals surface area contributed by atoms with E-state index < -0.39 is 0 Å². The van der Waals surface area contributed by atoms with Crippen molar-refractivity contribution in [1.29, 1.82) is 0 Å². The molecule has 0 bridgehead atoms. The molecule has 0 saturated heterocycles. The summed E-state index contributed by atoms with van der Waals surface area (Å²) < 4.78 is 1.87. The molecule has 0 radical (unpaired) electrons. The topological polar surface area (TPSA) is 55.9 Å². The Bertz CT molecular complexity index is 310. The second-order valence-corrected chi connectivity index (χ2v) is 4.41. The van der Waals surface area contributed by atoms with E-state index in [9.17, 15) is 0 Å². The van der Waals surface area contributed by atoms with E-state index in [0.717, 1.165) is 24.5 Å². The molecule has 0 aliphatic carbocycles. The maximum atomic E-state index is 6.00. The normalized spacial score (nSPS) is 14.4. The number of nitrogens with one attached hydrogen (secondary N) is 1. The minimum atomic E-state index is -0.0439. The molecule has 2 atom stereocenters. The molecule has 1 rings (SSSR count). The van der Waals surface area contributed by atoms with Crippen LogP contribution in [-0.4, -0.2) is 27.4 Å². The highest BCUT2D eigenvalue weighted by Gasteiger charge is 2.14. The number of nitrogens with two attached hydrogens (primary N) is 1. The highest BCUT2D eigenvalue weighted by atomic mass is 32.1. The summed E-state index contributed by atoms with van der Waals surface area (Å²) in [6.07, 6.45) is 4.74. The lowest BCUT2D eigenvalue weighted by molar-refractivity contribution is 0.513. The molecule has 0 aliphatic rings. The van der Waals surface area contributed by atoms with E-state index in [1.807, 2.05) is 16.9 Å². The molecule has 0 fully saturated rings. The molecule has 0 spiro atoms. The standard InChI is InChI=1S/C11H20N4S/c1-3-9(2)10(12)11(16)13-6-8-15-7-4-5-14-15/h4-5,7,9-10H,3,6,8,12H2,1-2H3,(H,13,16)/t9?,10-/m0/s1. The Morgan fingerprint density at radius 2 is 2.38 bits per heavy atom. The average molecular weight is 240 g/mol. The minimum Gasteiger partial charge on any atom is -0.376 e. The number of nitrogens with zero attached hydrogens (tertiary/aromatic N) is 2. The van der Waals surface area contributed by atoms with Crippen LogP contribution < -0.4 is 11.1 Å². The van der Waals surface area contributed by atoms with Gasteiger partial charge in [-0.2, -0.15) is 5.10 Å². The molecule has 1 aromatic rings. The van der Waals surface area contributed by atoms with Gasteiger partial charge in [-0.15, -0.1) is 0 Å². The smallest absolute Gasteiger partial charge is 0.0926 e. The fourth-order valence-corrected chi connectivity index (χ4v) is 1.69. The van der Waals surface area contributed by atoms with Crippen molar-refractivity contribution in [3.05, 3.63) is 18.5 Å². The Labute approximate surface area is 102 Å². The third-order valence-corrected chi connectivity index (χ3v) is 3.18. The van der Waals surface area contributed by atoms with Crippen LogP contribution in [0.4, 0.5) is 0 Å². The van der Waals surface area contributed by atoms with Crippen LogP contribution in [0.2, 0.25) is 0 Å². The SMILES string of the molecule is CCC(C)[C@H](N)C(=S)NCCn1cccn1. The van der Waals surface area contributed by atoms with Crippen molar-refractivity contribution in [3.8, 4) is 0 Å². The van der Waals surface area contributed by atoms with Crippen molar-refractivity contribution in [1.82, 2.24) is 15.1 Å². The van der Waals surface area contributed by atoms with Crippen LogP contribution in [0.25, 0.3) is 0 Å². The lowest BCUT2D eigenvalue weighted by atomic mass is 10.0. The van der Waals surface area contributed by atoms with Gasteiger partial charge in [0.1, 0.15) is 0 Å². The summed E-state index contributed by atoms with van der Waals surface area (Å²) in [6, 6.07) is 1.86. The van der Waals surface area contributed by atoms with Gasteiger partial charge in [0.25, 0.3) is 0 Å². The second-order valence-electron chi connectivity index (χ2n) is 3.97. The highest BCUT2D eigenvalue weighted by Crippen LogP contribution is 2.05. The Hall–Kier alpha value is -0.940. The van der Waals surface area contributed by atoms with Crippen LogP contribution in [0.1, 0.15) is 20.3 Å². The molecule has 3 N–H and O–H groups in total. The highest BCUT2D eigenvalue weighted by molar-refractivity contribution is 7.80. The molecule has 90 valence electrons. The molecule has 0 aromatic carbocycles. The van der Waals surface area contributed by atoms with Crippen LogP contribution in [-0.2, 0) is 6.54 Å². The zero-order chi connectivity index (χ0) is 12.0. The third kappa shape index (κ3) is 3.90. The molecule has 16 heavy (non-hydrogen) atoms. The minimum absolute atomic E-state index is 0.0439. The molecule has 4 nitrogen and oxygen atoms in total. The Morgan fingerprint density at radius 3 is 2.94 bits per heavy atom. The molecule has 1 heterocycles. The summed E-state index contributed by atoms with van der Waals surface area (Å²) in [7, 11) is 0. The molecular formula is C11H20N4S. The van der Waals surface area contributed by atoms with E-state index in [2.05, 4.69) is 24.3 Å². The van der Waals surface area contributed by atoms with Crippen molar-refractivity contribution in [3.63, 3.8) is 0 Å². The van der Waals surface area contributed by atoms with E-state index >= 15 is 0 Å². The van der Waals surface area contributed by atoms with Crippen LogP contribution in [0.5, 0.6) is 0 Å². The number of hydrogen-bond donors (Lipinski definition) is 2. The fourth-order valence-electron chi connectivity index (χ4n) is 1.36. The Kier molecular flexibility index (Phi) is 5.42. The zero-order valence-electron chi connectivity index (χ0n) is 9.89. The van der Waals surface area contributed by atoms with Crippen LogP contribution >= 0.6 is 12.2 Å². The first-order valence-corrected chi connectivity index (χ1v) is 6.06. The lowest BCUT2D eigenvalue weighted by Crippen LogP contribution is -2.44. The van der Waals surface area contributed by atoms with Crippen LogP contribution in [0, 0.1) is 5.92 Å². The number of hydrogen-bond acceptors (Lipinski definition) is 3. The van der Waals surface area contributed by atoms with Crippen LogP contribution in [0.3, 0.4) is 0 Å². The van der Waals surface area contributed by atoms with Gasteiger partial charge < -0.3 is 11.1 Å². The van der Waals surface area contributed by atoms with Crippen LogP contribution in [0.15, 0.2) is 18.5 Å². The van der Waals surface area contributed by atoms with Crippen molar-refractivity contribution in [2.24, 2.45) is 11.7 Å². The molecule has 1 aromatic heterocycles. The van der Waals surface area contributed by atoms with E-state index in [-0.39, 0.29) is 6.04 Å². The van der Waals surface area contributed by atoms with E-state index in [1.165, 1.54) is 0 Å². The van der Waals surface area contributed by atoms with Gasteiger partial charge in [-0.05, 0) is 12.0 Å². The van der Waals surface area contributed by atoms with E-state index in [0.29, 0.717) is 5.92 Å². The summed E-state index contributed by atoms with van der Waals surface area (Å²) in [4.78, 5) is 0.751. The zero-order valence-corrected chi connectivity index (χ0v) is 10.7. The molecule has 0 aliphatic heterocycles. The first kappa shape index (κ1) is 13.1. The lowest BCUT2D eigenvalue weighted by Gasteiger charge is -2.20. The maximum Gasteiger partial charge on any atom is 0.0926 e. The molecule has 0 saturated carbocycles.